The van der Waals surface area contributed by atoms with E-state index in [1.807, 2.05) is 23.1 Å². The minimum Gasteiger partial charge on any atom is -0.350 e. The molecule has 5 nitrogen and oxygen atoms in total. The molecule has 1 atom stereocenters. The highest BCUT2D eigenvalue weighted by atomic mass is 16.2. The van der Waals surface area contributed by atoms with Gasteiger partial charge in [0, 0.05) is 25.2 Å². The van der Waals surface area contributed by atoms with Crippen molar-refractivity contribution < 1.29 is 9.59 Å². The summed E-state index contributed by atoms with van der Waals surface area (Å²) < 4.78 is 0. The summed E-state index contributed by atoms with van der Waals surface area (Å²) in [6, 6.07) is 5.99. The molecule has 1 aromatic heterocycles. The molecule has 1 aliphatic carbocycles. The van der Waals surface area contributed by atoms with Crippen LogP contribution in [0.5, 0.6) is 0 Å². The van der Waals surface area contributed by atoms with Crippen molar-refractivity contribution >= 4 is 11.8 Å². The van der Waals surface area contributed by atoms with Crippen molar-refractivity contribution in [2.24, 2.45) is 5.92 Å². The van der Waals surface area contributed by atoms with E-state index in [1.165, 1.54) is 12.8 Å². The van der Waals surface area contributed by atoms with Gasteiger partial charge in [-0.3, -0.25) is 14.6 Å². The predicted molar refractivity (Wildman–Crippen MR) is 78.2 cm³/mol. The van der Waals surface area contributed by atoms with Crippen LogP contribution < -0.4 is 5.32 Å². The molecule has 2 heterocycles. The van der Waals surface area contributed by atoms with Gasteiger partial charge in [-0.1, -0.05) is 18.9 Å². The number of hydrogen-bond acceptors (Lipinski definition) is 3. The molecule has 0 unspecified atom stereocenters. The van der Waals surface area contributed by atoms with Gasteiger partial charge in [0.25, 0.3) is 0 Å². The number of carbonyl (C=O) groups excluding carboxylic acids is 2. The molecule has 2 fully saturated rings. The summed E-state index contributed by atoms with van der Waals surface area (Å²) in [7, 11) is 0. The van der Waals surface area contributed by atoms with E-state index in [1.54, 1.807) is 6.20 Å². The Labute approximate surface area is 124 Å². The lowest BCUT2D eigenvalue weighted by Gasteiger charge is -2.23. The van der Waals surface area contributed by atoms with Gasteiger partial charge in [0.2, 0.25) is 11.8 Å². The Morgan fingerprint density at radius 2 is 2.14 bits per heavy atom. The first-order valence-electron chi connectivity index (χ1n) is 7.71. The second kappa shape index (κ2) is 6.24. The van der Waals surface area contributed by atoms with Gasteiger partial charge in [-0.2, -0.15) is 0 Å². The average Bonchev–Trinajstić information content (AvgIpc) is 3.15. The van der Waals surface area contributed by atoms with E-state index < -0.39 is 0 Å². The van der Waals surface area contributed by atoms with Crippen molar-refractivity contribution in [1.82, 2.24) is 15.2 Å². The Bertz CT molecular complexity index is 512. The van der Waals surface area contributed by atoms with Gasteiger partial charge in [-0.25, -0.2) is 0 Å². The Kier molecular flexibility index (Phi) is 4.18. The van der Waals surface area contributed by atoms with Crippen molar-refractivity contribution in [3.63, 3.8) is 0 Å². The zero-order valence-corrected chi connectivity index (χ0v) is 12.1. The third-order valence-electron chi connectivity index (χ3n) is 4.46. The molecule has 1 saturated heterocycles. The third-order valence-corrected chi connectivity index (χ3v) is 4.46. The number of aromatic nitrogens is 1. The van der Waals surface area contributed by atoms with Gasteiger partial charge in [-0.05, 0) is 25.0 Å². The molecule has 112 valence electrons. The lowest BCUT2D eigenvalue weighted by molar-refractivity contribution is -0.130. The Morgan fingerprint density at radius 1 is 1.33 bits per heavy atom. The summed E-state index contributed by atoms with van der Waals surface area (Å²) in [5.41, 5.74) is 0.836. The Morgan fingerprint density at radius 3 is 2.86 bits per heavy atom. The molecule has 1 aromatic rings. The summed E-state index contributed by atoms with van der Waals surface area (Å²) in [5, 5.41) is 2.89. The predicted octanol–water partition coefficient (Wildman–Crippen LogP) is 1.49. The fraction of sp³-hybridized carbons (Fsp3) is 0.562. The van der Waals surface area contributed by atoms with E-state index in [9.17, 15) is 9.59 Å². The van der Waals surface area contributed by atoms with E-state index in [0.717, 1.165) is 18.5 Å². The minimum atomic E-state index is -0.207. The summed E-state index contributed by atoms with van der Waals surface area (Å²) in [4.78, 5) is 30.4. The first-order chi connectivity index (χ1) is 10.2. The van der Waals surface area contributed by atoms with Crippen molar-refractivity contribution in [2.45, 2.75) is 44.7 Å². The van der Waals surface area contributed by atoms with Crippen LogP contribution in [0.15, 0.2) is 24.4 Å². The highest BCUT2D eigenvalue weighted by Crippen LogP contribution is 2.29. The number of likely N-dealkylation sites (tertiary alicyclic amines) is 1. The van der Waals surface area contributed by atoms with Crippen LogP contribution in [-0.2, 0) is 16.1 Å². The maximum Gasteiger partial charge on any atom is 0.225 e. The summed E-state index contributed by atoms with van der Waals surface area (Å²) in [6.07, 6.45) is 6.64. The van der Waals surface area contributed by atoms with Gasteiger partial charge in [0.05, 0.1) is 18.2 Å². The maximum absolute atomic E-state index is 12.2. The summed E-state index contributed by atoms with van der Waals surface area (Å²) >= 11 is 0. The normalized spacial score (nSPS) is 22.8. The SMILES string of the molecule is O=C(NCc1ccccn1)[C@@H]1CC(=O)N(C2CCCC2)C1. The smallest absolute Gasteiger partial charge is 0.225 e. The summed E-state index contributed by atoms with van der Waals surface area (Å²) in [5.74, 6) is -0.101. The largest absolute Gasteiger partial charge is 0.350 e. The van der Waals surface area contributed by atoms with E-state index in [-0.39, 0.29) is 17.7 Å². The van der Waals surface area contributed by atoms with Crippen LogP contribution in [0.1, 0.15) is 37.8 Å². The van der Waals surface area contributed by atoms with Crippen LogP contribution in [0.2, 0.25) is 0 Å². The van der Waals surface area contributed by atoms with E-state index in [4.69, 9.17) is 0 Å². The lowest BCUT2D eigenvalue weighted by atomic mass is 10.1. The molecule has 5 heteroatoms. The number of nitrogens with zero attached hydrogens (tertiary/aromatic N) is 2. The molecule has 1 aliphatic heterocycles. The van der Waals surface area contributed by atoms with Gasteiger partial charge in [0.15, 0.2) is 0 Å². The molecule has 2 amide bonds. The van der Waals surface area contributed by atoms with E-state index in [2.05, 4.69) is 10.3 Å². The standard InChI is InChI=1S/C16H21N3O2/c20-15-9-12(11-19(15)14-6-1-2-7-14)16(21)18-10-13-5-3-4-8-17-13/h3-5,8,12,14H,1-2,6-7,9-11H2,(H,18,21)/t12-/m1/s1. The molecular weight excluding hydrogens is 266 g/mol. The molecule has 1 N–H and O–H groups in total. The number of rotatable bonds is 4. The van der Waals surface area contributed by atoms with Gasteiger partial charge >= 0.3 is 0 Å². The molecule has 0 radical (unpaired) electrons. The topological polar surface area (TPSA) is 62.3 Å². The Hall–Kier alpha value is -1.91. The molecule has 2 aliphatic rings. The molecule has 1 saturated carbocycles. The minimum absolute atomic E-state index is 0.0329. The fourth-order valence-electron chi connectivity index (χ4n) is 3.30. The number of amides is 2. The number of nitrogens with one attached hydrogen (secondary N) is 1. The first kappa shape index (κ1) is 14.0. The van der Waals surface area contributed by atoms with Gasteiger partial charge in [-0.15, -0.1) is 0 Å². The molecule has 0 bridgehead atoms. The van der Waals surface area contributed by atoms with Crippen molar-refractivity contribution in [3.05, 3.63) is 30.1 Å². The zero-order valence-electron chi connectivity index (χ0n) is 12.1. The van der Waals surface area contributed by atoms with Crippen LogP contribution in [-0.4, -0.2) is 34.3 Å². The second-order valence-electron chi connectivity index (χ2n) is 5.92. The molecule has 21 heavy (non-hydrogen) atoms. The van der Waals surface area contributed by atoms with Crippen molar-refractivity contribution in [3.8, 4) is 0 Å². The van der Waals surface area contributed by atoms with E-state index >= 15 is 0 Å². The monoisotopic (exact) mass is 287 g/mol. The molecule has 0 aromatic carbocycles. The third kappa shape index (κ3) is 3.23. The zero-order chi connectivity index (χ0) is 14.7. The number of carbonyl (C=O) groups is 2. The average molecular weight is 287 g/mol. The second-order valence-corrected chi connectivity index (χ2v) is 5.92. The molecular formula is C16H21N3O2. The molecule has 3 rings (SSSR count). The van der Waals surface area contributed by atoms with Crippen molar-refractivity contribution in [2.75, 3.05) is 6.54 Å². The Balaban J connectivity index is 1.52. The summed E-state index contributed by atoms with van der Waals surface area (Å²) in [6.45, 7) is 1.01. The lowest BCUT2D eigenvalue weighted by Crippen LogP contribution is -2.36. The van der Waals surface area contributed by atoms with Crippen LogP contribution in [0.25, 0.3) is 0 Å². The number of hydrogen-bond donors (Lipinski definition) is 1. The molecule has 0 spiro atoms. The first-order valence-corrected chi connectivity index (χ1v) is 7.71. The maximum atomic E-state index is 12.2. The van der Waals surface area contributed by atoms with Gasteiger partial charge in [0.1, 0.15) is 0 Å². The highest BCUT2D eigenvalue weighted by Gasteiger charge is 2.38. The quantitative estimate of drug-likeness (QED) is 0.912. The van der Waals surface area contributed by atoms with Gasteiger partial charge < -0.3 is 10.2 Å². The highest BCUT2D eigenvalue weighted by molar-refractivity contribution is 5.89. The van der Waals surface area contributed by atoms with Crippen LogP contribution in [0.4, 0.5) is 0 Å². The fourth-order valence-corrected chi connectivity index (χ4v) is 3.30. The van der Waals surface area contributed by atoms with Crippen LogP contribution in [0.3, 0.4) is 0 Å². The number of pyridine rings is 1. The van der Waals surface area contributed by atoms with Crippen molar-refractivity contribution in [1.29, 1.82) is 0 Å². The van der Waals surface area contributed by atoms with Crippen LogP contribution >= 0.6 is 0 Å². The van der Waals surface area contributed by atoms with Crippen LogP contribution in [0, 0.1) is 5.92 Å². The van der Waals surface area contributed by atoms with E-state index in [0.29, 0.717) is 25.6 Å².